The van der Waals surface area contributed by atoms with E-state index >= 15 is 0 Å². The summed E-state index contributed by atoms with van der Waals surface area (Å²) >= 11 is 0. The first-order valence-electron chi connectivity index (χ1n) is 6.97. The zero-order valence-electron chi connectivity index (χ0n) is 11.2. The Morgan fingerprint density at radius 3 is 2.59 bits per heavy atom. The Morgan fingerprint density at radius 2 is 2.06 bits per heavy atom. The maximum absolute atomic E-state index is 11.7. The van der Waals surface area contributed by atoms with Crippen molar-refractivity contribution in [3.05, 3.63) is 0 Å². The summed E-state index contributed by atoms with van der Waals surface area (Å²) in [4.78, 5) is 11.7. The number of fused-ring (bicyclic) bond motifs is 2. The molecule has 4 unspecified atom stereocenters. The lowest BCUT2D eigenvalue weighted by atomic mass is 9.84. The molecule has 0 aromatic carbocycles. The van der Waals surface area contributed by atoms with E-state index in [0.29, 0.717) is 12.0 Å². The van der Waals surface area contributed by atoms with Crippen LogP contribution in [0.25, 0.3) is 0 Å². The molecule has 3 nitrogen and oxygen atoms in total. The molecule has 1 amide bonds. The van der Waals surface area contributed by atoms with Crippen LogP contribution in [-0.4, -0.2) is 24.7 Å². The van der Waals surface area contributed by atoms with Gasteiger partial charge in [-0.2, -0.15) is 0 Å². The second-order valence-corrected chi connectivity index (χ2v) is 6.05. The van der Waals surface area contributed by atoms with Gasteiger partial charge < -0.3 is 10.1 Å². The van der Waals surface area contributed by atoms with E-state index in [4.69, 9.17) is 4.74 Å². The summed E-state index contributed by atoms with van der Waals surface area (Å²) in [7, 11) is 0. The molecule has 17 heavy (non-hydrogen) atoms. The molecule has 1 N–H and O–H groups in total. The fraction of sp³-hybridized carbons (Fsp3) is 0.929. The normalized spacial score (nSPS) is 33.1. The monoisotopic (exact) mass is 239 g/mol. The van der Waals surface area contributed by atoms with Crippen molar-refractivity contribution in [2.24, 2.45) is 17.8 Å². The predicted molar refractivity (Wildman–Crippen MR) is 67.6 cm³/mol. The summed E-state index contributed by atoms with van der Waals surface area (Å²) < 4.78 is 5.32. The van der Waals surface area contributed by atoms with Gasteiger partial charge in [-0.05, 0) is 57.8 Å². The standard InChI is InChI=1S/C14H25NO2/c1-9(2)17-8-14(16)15-10(3)13-7-11-4-5-12(13)6-11/h9-13H,4-8H2,1-3H3,(H,15,16). The number of amides is 1. The van der Waals surface area contributed by atoms with E-state index in [-0.39, 0.29) is 18.6 Å². The van der Waals surface area contributed by atoms with Gasteiger partial charge in [0.05, 0.1) is 6.10 Å². The quantitative estimate of drug-likeness (QED) is 0.800. The number of ether oxygens (including phenoxy) is 1. The zero-order chi connectivity index (χ0) is 12.4. The average molecular weight is 239 g/mol. The molecule has 0 aromatic heterocycles. The second kappa shape index (κ2) is 5.38. The molecule has 2 aliphatic carbocycles. The summed E-state index contributed by atoms with van der Waals surface area (Å²) in [5.41, 5.74) is 0. The van der Waals surface area contributed by atoms with Gasteiger partial charge >= 0.3 is 0 Å². The molecule has 0 radical (unpaired) electrons. The van der Waals surface area contributed by atoms with Crippen molar-refractivity contribution in [2.45, 2.75) is 58.6 Å². The molecule has 0 aliphatic heterocycles. The van der Waals surface area contributed by atoms with Gasteiger partial charge in [0.15, 0.2) is 0 Å². The van der Waals surface area contributed by atoms with Crippen LogP contribution in [0.1, 0.15) is 46.5 Å². The van der Waals surface area contributed by atoms with Crippen LogP contribution < -0.4 is 5.32 Å². The van der Waals surface area contributed by atoms with Gasteiger partial charge in [0.2, 0.25) is 5.91 Å². The van der Waals surface area contributed by atoms with E-state index in [1.54, 1.807) is 0 Å². The average Bonchev–Trinajstić information content (AvgIpc) is 2.87. The first kappa shape index (κ1) is 12.9. The van der Waals surface area contributed by atoms with Crippen LogP contribution in [0.5, 0.6) is 0 Å². The Balaban J connectivity index is 1.73. The van der Waals surface area contributed by atoms with Crippen molar-refractivity contribution >= 4 is 5.91 Å². The van der Waals surface area contributed by atoms with Crippen molar-refractivity contribution < 1.29 is 9.53 Å². The van der Waals surface area contributed by atoms with Gasteiger partial charge in [0, 0.05) is 6.04 Å². The van der Waals surface area contributed by atoms with Crippen LogP contribution in [0.3, 0.4) is 0 Å². The van der Waals surface area contributed by atoms with Crippen LogP contribution in [-0.2, 0) is 9.53 Å². The Labute approximate surface area is 104 Å². The van der Waals surface area contributed by atoms with Crippen LogP contribution in [0.4, 0.5) is 0 Å². The number of nitrogens with one attached hydrogen (secondary N) is 1. The highest BCUT2D eigenvalue weighted by Crippen LogP contribution is 2.49. The molecule has 3 heteroatoms. The number of hydrogen-bond donors (Lipinski definition) is 1. The van der Waals surface area contributed by atoms with Crippen molar-refractivity contribution in [3.63, 3.8) is 0 Å². The van der Waals surface area contributed by atoms with Crippen molar-refractivity contribution in [3.8, 4) is 0 Å². The lowest BCUT2D eigenvalue weighted by Crippen LogP contribution is -2.42. The van der Waals surface area contributed by atoms with E-state index in [1.165, 1.54) is 25.7 Å². The Hall–Kier alpha value is -0.570. The van der Waals surface area contributed by atoms with E-state index in [1.807, 2.05) is 13.8 Å². The number of carbonyl (C=O) groups is 1. The van der Waals surface area contributed by atoms with Gasteiger partial charge in [-0.15, -0.1) is 0 Å². The molecule has 98 valence electrons. The molecule has 0 heterocycles. The first-order valence-corrected chi connectivity index (χ1v) is 6.97. The SMILES string of the molecule is CC(C)OCC(=O)NC(C)C1CC2CCC1C2. The lowest BCUT2D eigenvalue weighted by molar-refractivity contribution is -0.128. The number of rotatable bonds is 5. The van der Waals surface area contributed by atoms with Gasteiger partial charge in [-0.1, -0.05) is 6.42 Å². The first-order chi connectivity index (χ1) is 8.06. The highest BCUT2D eigenvalue weighted by Gasteiger charge is 2.42. The van der Waals surface area contributed by atoms with E-state index in [2.05, 4.69) is 12.2 Å². The van der Waals surface area contributed by atoms with Crippen LogP contribution in [0, 0.1) is 17.8 Å². The van der Waals surface area contributed by atoms with Crippen molar-refractivity contribution in [2.75, 3.05) is 6.61 Å². The lowest BCUT2D eigenvalue weighted by Gasteiger charge is -2.28. The number of carbonyl (C=O) groups excluding carboxylic acids is 1. The fourth-order valence-electron chi connectivity index (χ4n) is 3.55. The third-order valence-electron chi connectivity index (χ3n) is 4.37. The summed E-state index contributed by atoms with van der Waals surface area (Å²) in [5, 5.41) is 3.10. The molecule has 0 aromatic rings. The van der Waals surface area contributed by atoms with Crippen LogP contribution in [0.15, 0.2) is 0 Å². The second-order valence-electron chi connectivity index (χ2n) is 6.05. The molecular formula is C14H25NO2. The number of hydrogen-bond acceptors (Lipinski definition) is 2. The predicted octanol–water partition coefficient (Wildman–Crippen LogP) is 2.35. The van der Waals surface area contributed by atoms with Gasteiger partial charge in [0.25, 0.3) is 0 Å². The molecule has 2 fully saturated rings. The third-order valence-corrected chi connectivity index (χ3v) is 4.37. The molecule has 2 rings (SSSR count). The highest BCUT2D eigenvalue weighted by molar-refractivity contribution is 5.77. The minimum atomic E-state index is 0.0361. The Morgan fingerprint density at radius 1 is 1.29 bits per heavy atom. The maximum atomic E-state index is 11.7. The third kappa shape index (κ3) is 3.21. The van der Waals surface area contributed by atoms with Crippen LogP contribution in [0.2, 0.25) is 0 Å². The van der Waals surface area contributed by atoms with E-state index < -0.39 is 0 Å². The summed E-state index contributed by atoms with van der Waals surface area (Å²) in [6.07, 6.45) is 5.62. The molecular weight excluding hydrogens is 214 g/mol. The van der Waals surface area contributed by atoms with Crippen molar-refractivity contribution in [1.82, 2.24) is 5.32 Å². The zero-order valence-corrected chi connectivity index (χ0v) is 11.2. The molecule has 4 atom stereocenters. The minimum absolute atomic E-state index is 0.0361. The van der Waals surface area contributed by atoms with Gasteiger partial charge in [-0.25, -0.2) is 0 Å². The summed E-state index contributed by atoms with van der Waals surface area (Å²) in [5.74, 6) is 2.54. The fourth-order valence-corrected chi connectivity index (χ4v) is 3.55. The van der Waals surface area contributed by atoms with Gasteiger partial charge in [-0.3, -0.25) is 4.79 Å². The van der Waals surface area contributed by atoms with E-state index in [0.717, 1.165) is 11.8 Å². The molecule has 2 bridgehead atoms. The van der Waals surface area contributed by atoms with E-state index in [9.17, 15) is 4.79 Å². The molecule has 2 saturated carbocycles. The van der Waals surface area contributed by atoms with Gasteiger partial charge in [0.1, 0.15) is 6.61 Å². The highest BCUT2D eigenvalue weighted by atomic mass is 16.5. The summed E-state index contributed by atoms with van der Waals surface area (Å²) in [6, 6.07) is 0.313. The minimum Gasteiger partial charge on any atom is -0.369 e. The van der Waals surface area contributed by atoms with Crippen LogP contribution >= 0.6 is 0 Å². The molecule has 0 spiro atoms. The summed E-state index contributed by atoms with van der Waals surface area (Å²) in [6.45, 7) is 6.25. The molecule has 0 saturated heterocycles. The largest absolute Gasteiger partial charge is 0.369 e. The topological polar surface area (TPSA) is 38.3 Å². The Bertz CT molecular complexity index is 277. The smallest absolute Gasteiger partial charge is 0.246 e. The van der Waals surface area contributed by atoms with Crippen molar-refractivity contribution in [1.29, 1.82) is 0 Å². The Kier molecular flexibility index (Phi) is 4.08. The maximum Gasteiger partial charge on any atom is 0.246 e. The molecule has 2 aliphatic rings.